The number of fused-ring (bicyclic) bond motifs is 1. The first kappa shape index (κ1) is 24.3. The molecule has 0 aliphatic heterocycles. The van der Waals surface area contributed by atoms with Crippen LogP contribution in [0.5, 0.6) is 0 Å². The van der Waals surface area contributed by atoms with Gasteiger partial charge in [-0.05, 0) is 49.4 Å². The van der Waals surface area contributed by atoms with Crippen LogP contribution in [0.1, 0.15) is 17.3 Å². The Kier molecular flexibility index (Phi) is 6.82. The summed E-state index contributed by atoms with van der Waals surface area (Å²) in [6, 6.07) is 15.9. The van der Waals surface area contributed by atoms with Crippen LogP contribution in [-0.4, -0.2) is 25.4 Å². The van der Waals surface area contributed by atoms with Crippen LogP contribution in [0.15, 0.2) is 76.6 Å². The zero-order valence-corrected chi connectivity index (χ0v) is 20.1. The first-order chi connectivity index (χ1) is 16.8. The maximum atomic E-state index is 14.4. The number of para-hydroxylation sites is 1. The van der Waals surface area contributed by atoms with Crippen LogP contribution in [0.25, 0.3) is 10.2 Å². The summed E-state index contributed by atoms with van der Waals surface area (Å²) in [5.74, 6) is 0.134. The van der Waals surface area contributed by atoms with Gasteiger partial charge in [-0.15, -0.1) is 6.42 Å². The number of carbonyl (C=O) groups is 1. The van der Waals surface area contributed by atoms with Gasteiger partial charge in [0.25, 0.3) is 15.9 Å². The van der Waals surface area contributed by atoms with Gasteiger partial charge in [0.1, 0.15) is 5.82 Å². The van der Waals surface area contributed by atoms with Crippen LogP contribution in [0.2, 0.25) is 0 Å². The topological polar surface area (TPSA) is 71.7 Å². The average molecular weight is 512 g/mol. The number of anilines is 1. The number of rotatable bonds is 6. The Labute approximate surface area is 204 Å². The third kappa shape index (κ3) is 4.73. The number of terminal acetylenes is 1. The molecule has 1 amide bonds. The largest absolute Gasteiger partial charge is 0.302 e. The molecular formula is C25H19F2N3O3S2. The Balaban J connectivity index is 1.70. The van der Waals surface area contributed by atoms with Gasteiger partial charge >= 0.3 is 0 Å². The number of sulfonamides is 1. The van der Waals surface area contributed by atoms with E-state index in [0.717, 1.165) is 23.5 Å². The van der Waals surface area contributed by atoms with Crippen molar-refractivity contribution in [2.24, 2.45) is 4.99 Å². The van der Waals surface area contributed by atoms with Crippen LogP contribution in [-0.2, 0) is 16.6 Å². The van der Waals surface area contributed by atoms with Gasteiger partial charge in [0.2, 0.25) is 0 Å². The second-order valence-electron chi connectivity index (χ2n) is 7.36. The number of aromatic nitrogens is 1. The fourth-order valence-electron chi connectivity index (χ4n) is 3.59. The minimum atomic E-state index is -3.86. The van der Waals surface area contributed by atoms with Crippen molar-refractivity contribution >= 4 is 43.2 Å². The van der Waals surface area contributed by atoms with E-state index in [2.05, 4.69) is 10.9 Å². The normalized spacial score (nSPS) is 12.0. The van der Waals surface area contributed by atoms with Crippen LogP contribution in [0.4, 0.5) is 14.5 Å². The number of carbonyl (C=O) groups excluding carboxylic acids is 1. The van der Waals surface area contributed by atoms with Gasteiger partial charge in [-0.3, -0.25) is 9.10 Å². The van der Waals surface area contributed by atoms with Crippen molar-refractivity contribution in [1.82, 2.24) is 4.57 Å². The second kappa shape index (κ2) is 9.82. The molecule has 0 bridgehead atoms. The number of nitrogens with zero attached hydrogens (tertiary/aromatic N) is 3. The van der Waals surface area contributed by atoms with Crippen LogP contribution >= 0.6 is 11.3 Å². The SMILES string of the molecule is C#CCn1c(=NC(=O)c2ccc(S(=O)(=O)N(CC)c3ccccc3)cc2)sc2cc(F)cc(F)c21. The summed E-state index contributed by atoms with van der Waals surface area (Å²) in [6.07, 6.45) is 5.39. The lowest BCUT2D eigenvalue weighted by atomic mass is 10.2. The van der Waals surface area contributed by atoms with Crippen molar-refractivity contribution in [3.8, 4) is 12.3 Å². The molecule has 10 heteroatoms. The quantitative estimate of drug-likeness (QED) is 0.356. The lowest BCUT2D eigenvalue weighted by Crippen LogP contribution is -2.30. The summed E-state index contributed by atoms with van der Waals surface area (Å²) >= 11 is 0.924. The van der Waals surface area contributed by atoms with Crippen molar-refractivity contribution < 1.29 is 22.0 Å². The van der Waals surface area contributed by atoms with Gasteiger partial charge in [0, 0.05) is 18.2 Å². The Morgan fingerprint density at radius 3 is 2.43 bits per heavy atom. The van der Waals surface area contributed by atoms with Gasteiger partial charge in [-0.1, -0.05) is 35.5 Å². The molecule has 0 aliphatic rings. The molecule has 35 heavy (non-hydrogen) atoms. The number of amides is 1. The van der Waals surface area contributed by atoms with Crippen molar-refractivity contribution in [3.05, 3.63) is 88.7 Å². The number of hydrogen-bond acceptors (Lipinski definition) is 4. The minimum Gasteiger partial charge on any atom is -0.302 e. The van der Waals surface area contributed by atoms with Crippen molar-refractivity contribution in [3.63, 3.8) is 0 Å². The molecule has 0 atom stereocenters. The van der Waals surface area contributed by atoms with Gasteiger partial charge < -0.3 is 4.57 Å². The standard InChI is InChI=1S/C25H19F2N3O3S2/c1-3-14-29-23-21(27)15-18(26)16-22(23)34-25(29)28-24(31)17-10-12-20(13-11-17)35(32,33)30(4-2)19-8-6-5-7-9-19/h1,5-13,15-16H,4,14H2,2H3. The molecule has 6 nitrogen and oxygen atoms in total. The Morgan fingerprint density at radius 2 is 1.80 bits per heavy atom. The molecule has 0 fully saturated rings. The summed E-state index contributed by atoms with van der Waals surface area (Å²) in [4.78, 5) is 17.0. The molecule has 0 saturated heterocycles. The van der Waals surface area contributed by atoms with Crippen molar-refractivity contribution in [1.29, 1.82) is 0 Å². The molecule has 0 saturated carbocycles. The maximum absolute atomic E-state index is 14.4. The summed E-state index contributed by atoms with van der Waals surface area (Å²) in [5, 5.41) is 0. The summed E-state index contributed by atoms with van der Waals surface area (Å²) < 4.78 is 57.1. The first-order valence-corrected chi connectivity index (χ1v) is 12.7. The molecule has 4 rings (SSSR count). The predicted molar refractivity (Wildman–Crippen MR) is 132 cm³/mol. The van der Waals surface area contributed by atoms with Crippen molar-refractivity contribution in [2.45, 2.75) is 18.4 Å². The van der Waals surface area contributed by atoms with Crippen LogP contribution in [0, 0.1) is 24.0 Å². The molecule has 0 radical (unpaired) electrons. The van der Waals surface area contributed by atoms with Gasteiger partial charge in [0.05, 0.1) is 27.3 Å². The highest BCUT2D eigenvalue weighted by Gasteiger charge is 2.23. The van der Waals surface area contributed by atoms with E-state index in [1.54, 1.807) is 37.3 Å². The molecule has 178 valence electrons. The third-order valence-electron chi connectivity index (χ3n) is 5.16. The first-order valence-electron chi connectivity index (χ1n) is 10.4. The molecule has 1 aromatic heterocycles. The zero-order valence-electron chi connectivity index (χ0n) is 18.5. The Hall–Kier alpha value is -3.81. The molecule has 3 aromatic carbocycles. The number of hydrogen-bond donors (Lipinski definition) is 0. The van der Waals surface area contributed by atoms with E-state index in [4.69, 9.17) is 6.42 Å². The van der Waals surface area contributed by atoms with E-state index < -0.39 is 27.6 Å². The molecule has 0 unspecified atom stereocenters. The molecule has 0 N–H and O–H groups in total. The lowest BCUT2D eigenvalue weighted by molar-refractivity contribution is 0.0997. The average Bonchev–Trinajstić information content (AvgIpc) is 3.17. The highest BCUT2D eigenvalue weighted by molar-refractivity contribution is 7.92. The third-order valence-corrected chi connectivity index (χ3v) is 8.11. The summed E-state index contributed by atoms with van der Waals surface area (Å²) in [6.45, 7) is 1.88. The summed E-state index contributed by atoms with van der Waals surface area (Å²) in [5.41, 5.74) is 0.711. The van der Waals surface area contributed by atoms with E-state index in [9.17, 15) is 22.0 Å². The molecule has 0 aliphatic carbocycles. The van der Waals surface area contributed by atoms with E-state index in [1.165, 1.54) is 33.1 Å². The zero-order chi connectivity index (χ0) is 25.2. The highest BCUT2D eigenvalue weighted by atomic mass is 32.2. The van der Waals surface area contributed by atoms with E-state index in [1.807, 2.05) is 0 Å². The van der Waals surface area contributed by atoms with Gasteiger partial charge in [-0.25, -0.2) is 17.2 Å². The van der Waals surface area contributed by atoms with E-state index in [0.29, 0.717) is 5.69 Å². The van der Waals surface area contributed by atoms with Crippen LogP contribution in [0.3, 0.4) is 0 Å². The fraction of sp³-hybridized carbons (Fsp3) is 0.120. The Morgan fingerprint density at radius 1 is 1.11 bits per heavy atom. The van der Waals surface area contributed by atoms with E-state index in [-0.39, 0.29) is 38.6 Å². The van der Waals surface area contributed by atoms with E-state index >= 15 is 0 Å². The second-order valence-corrected chi connectivity index (χ2v) is 10.2. The summed E-state index contributed by atoms with van der Waals surface area (Å²) in [7, 11) is -3.86. The lowest BCUT2D eigenvalue weighted by Gasteiger charge is -2.22. The molecule has 0 spiro atoms. The number of halogens is 2. The molecule has 4 aromatic rings. The van der Waals surface area contributed by atoms with Crippen molar-refractivity contribution in [2.75, 3.05) is 10.8 Å². The predicted octanol–water partition coefficient (Wildman–Crippen LogP) is 4.57. The minimum absolute atomic E-state index is 0.0153. The van der Waals surface area contributed by atoms with Gasteiger partial charge in [-0.2, -0.15) is 4.99 Å². The fourth-order valence-corrected chi connectivity index (χ4v) is 6.13. The maximum Gasteiger partial charge on any atom is 0.279 e. The number of benzene rings is 3. The Bertz CT molecular complexity index is 1620. The smallest absolute Gasteiger partial charge is 0.279 e. The number of thiazole rings is 1. The molecular weight excluding hydrogens is 492 g/mol. The monoisotopic (exact) mass is 511 g/mol. The highest BCUT2D eigenvalue weighted by Crippen LogP contribution is 2.24. The molecule has 1 heterocycles. The van der Waals surface area contributed by atoms with Crippen LogP contribution < -0.4 is 9.11 Å². The van der Waals surface area contributed by atoms with Gasteiger partial charge in [0.15, 0.2) is 10.6 Å².